The second kappa shape index (κ2) is 10.1. The molecule has 4 aromatic rings. The molecule has 0 saturated heterocycles. The highest BCUT2D eigenvalue weighted by Crippen LogP contribution is 2.44. The van der Waals surface area contributed by atoms with Gasteiger partial charge in [0.1, 0.15) is 0 Å². The Hall–Kier alpha value is -4.17. The van der Waals surface area contributed by atoms with Crippen LogP contribution in [0.5, 0.6) is 0 Å². The summed E-state index contributed by atoms with van der Waals surface area (Å²) in [5.41, 5.74) is -10.2. The molecular formula is C25H5F15. The SMILES string of the molecule is Fc1ccc(C(c2ccc(F)c(F)c2F)c2c(F)c(F)c(-c3c(F)c(F)c(F)c(F)c3F)c(F)c2F)c(F)c1F. The fraction of sp³-hybridized carbons (Fsp3) is 0.0400. The van der Waals surface area contributed by atoms with Gasteiger partial charge in [0.05, 0.1) is 11.1 Å². The van der Waals surface area contributed by atoms with E-state index in [9.17, 15) is 48.3 Å². The van der Waals surface area contributed by atoms with Crippen LogP contribution in [0.25, 0.3) is 11.1 Å². The van der Waals surface area contributed by atoms with Gasteiger partial charge < -0.3 is 0 Å². The molecule has 0 bridgehead atoms. The second-order valence-corrected chi connectivity index (χ2v) is 7.95. The quantitative estimate of drug-likeness (QED) is 0.0967. The van der Waals surface area contributed by atoms with Crippen molar-refractivity contribution >= 4 is 0 Å². The minimum Gasteiger partial charge on any atom is -0.204 e. The number of halogens is 15. The van der Waals surface area contributed by atoms with E-state index in [1.165, 1.54) is 0 Å². The van der Waals surface area contributed by atoms with Crippen LogP contribution in [0, 0.1) is 87.3 Å². The Morgan fingerprint density at radius 1 is 0.300 bits per heavy atom. The van der Waals surface area contributed by atoms with Gasteiger partial charge in [-0.1, -0.05) is 12.1 Å². The predicted octanol–water partition coefficient (Wildman–Crippen LogP) is 8.62. The average molecular weight is 590 g/mol. The maximum atomic E-state index is 15.3. The van der Waals surface area contributed by atoms with Gasteiger partial charge in [-0.05, 0) is 12.1 Å². The summed E-state index contributed by atoms with van der Waals surface area (Å²) in [6.07, 6.45) is 0. The Bertz CT molecular complexity index is 1590. The lowest BCUT2D eigenvalue weighted by molar-refractivity contribution is 0.378. The summed E-state index contributed by atoms with van der Waals surface area (Å²) in [6.45, 7) is 0. The van der Waals surface area contributed by atoms with Gasteiger partial charge in [-0.3, -0.25) is 0 Å². The normalized spacial score (nSPS) is 11.6. The Labute approximate surface area is 211 Å². The van der Waals surface area contributed by atoms with Crippen molar-refractivity contribution in [3.05, 3.63) is 128 Å². The van der Waals surface area contributed by atoms with Gasteiger partial charge >= 0.3 is 0 Å². The lowest BCUT2D eigenvalue weighted by Crippen LogP contribution is -2.18. The topological polar surface area (TPSA) is 0 Å². The molecule has 0 aliphatic rings. The zero-order chi connectivity index (χ0) is 30.0. The Morgan fingerprint density at radius 2 is 0.600 bits per heavy atom. The first-order valence-electron chi connectivity index (χ1n) is 10.3. The van der Waals surface area contributed by atoms with Crippen molar-refractivity contribution in [1.29, 1.82) is 0 Å². The Kier molecular flexibility index (Phi) is 7.28. The van der Waals surface area contributed by atoms with E-state index in [1.807, 2.05) is 0 Å². The summed E-state index contributed by atoms with van der Waals surface area (Å²) in [5.74, 6) is -41.9. The molecule has 0 nitrogen and oxygen atoms in total. The highest BCUT2D eigenvalue weighted by atomic mass is 19.2. The van der Waals surface area contributed by atoms with Crippen molar-refractivity contribution in [2.45, 2.75) is 5.92 Å². The number of hydrogen-bond acceptors (Lipinski definition) is 0. The molecule has 4 rings (SSSR count). The van der Waals surface area contributed by atoms with Gasteiger partial charge in [-0.2, -0.15) is 0 Å². The standard InChI is InChI=1S/C25H5F15/c26-7-3-1-5(13(28)15(7)30)9(6-2-4-8(27)16(31)14(6)29)10-17(32)19(34)11(20(35)18(10)33)12-21(36)23(38)25(40)24(39)22(12)37/h1-4,9H. The first kappa shape index (κ1) is 28.8. The molecule has 0 aliphatic heterocycles. The van der Waals surface area contributed by atoms with Gasteiger partial charge in [0, 0.05) is 22.6 Å². The van der Waals surface area contributed by atoms with Crippen LogP contribution in [-0.2, 0) is 0 Å². The maximum Gasteiger partial charge on any atom is 0.200 e. The largest absolute Gasteiger partial charge is 0.204 e. The lowest BCUT2D eigenvalue weighted by atomic mass is 9.82. The molecule has 0 radical (unpaired) electrons. The van der Waals surface area contributed by atoms with E-state index in [2.05, 4.69) is 0 Å². The summed E-state index contributed by atoms with van der Waals surface area (Å²) >= 11 is 0. The molecule has 0 spiro atoms. The third kappa shape index (κ3) is 4.14. The molecular weight excluding hydrogens is 585 g/mol. The smallest absolute Gasteiger partial charge is 0.200 e. The van der Waals surface area contributed by atoms with Crippen LogP contribution in [0.2, 0.25) is 0 Å². The molecule has 0 unspecified atom stereocenters. The summed E-state index contributed by atoms with van der Waals surface area (Å²) in [6, 6.07) is 0.575. The molecule has 0 heterocycles. The van der Waals surface area contributed by atoms with Crippen LogP contribution in [-0.4, -0.2) is 0 Å². The van der Waals surface area contributed by atoms with Crippen molar-refractivity contribution in [2.75, 3.05) is 0 Å². The summed E-state index contributed by atoms with van der Waals surface area (Å²) in [4.78, 5) is 0. The molecule has 0 saturated carbocycles. The van der Waals surface area contributed by atoms with Crippen molar-refractivity contribution < 1.29 is 65.9 Å². The van der Waals surface area contributed by atoms with Crippen molar-refractivity contribution in [3.8, 4) is 11.1 Å². The van der Waals surface area contributed by atoms with Gasteiger partial charge in [0.25, 0.3) is 0 Å². The monoisotopic (exact) mass is 590 g/mol. The summed E-state index contributed by atoms with van der Waals surface area (Å²) < 4.78 is 214. The number of benzene rings is 4. The first-order chi connectivity index (χ1) is 18.6. The van der Waals surface area contributed by atoms with E-state index < -0.39 is 121 Å². The predicted molar refractivity (Wildman–Crippen MR) is 105 cm³/mol. The first-order valence-corrected chi connectivity index (χ1v) is 10.3. The fourth-order valence-electron chi connectivity index (χ4n) is 3.95. The molecule has 0 fully saturated rings. The zero-order valence-corrected chi connectivity index (χ0v) is 18.6. The Morgan fingerprint density at radius 3 is 0.950 bits per heavy atom. The van der Waals surface area contributed by atoms with Gasteiger partial charge in [0.15, 0.2) is 81.4 Å². The molecule has 0 atom stereocenters. The van der Waals surface area contributed by atoms with E-state index in [0.717, 1.165) is 0 Å². The molecule has 0 amide bonds. The van der Waals surface area contributed by atoms with E-state index in [-0.39, 0.29) is 24.3 Å². The highest BCUT2D eigenvalue weighted by Gasteiger charge is 2.39. The van der Waals surface area contributed by atoms with Crippen LogP contribution in [0.4, 0.5) is 65.9 Å². The van der Waals surface area contributed by atoms with Crippen LogP contribution in [0.1, 0.15) is 22.6 Å². The van der Waals surface area contributed by atoms with Gasteiger partial charge in [-0.15, -0.1) is 0 Å². The van der Waals surface area contributed by atoms with Crippen molar-refractivity contribution in [1.82, 2.24) is 0 Å². The van der Waals surface area contributed by atoms with Crippen LogP contribution < -0.4 is 0 Å². The molecule has 15 heteroatoms. The molecule has 0 aromatic heterocycles. The highest BCUT2D eigenvalue weighted by molar-refractivity contribution is 5.68. The van der Waals surface area contributed by atoms with Crippen molar-refractivity contribution in [2.24, 2.45) is 0 Å². The molecule has 0 N–H and O–H groups in total. The van der Waals surface area contributed by atoms with E-state index in [1.54, 1.807) is 0 Å². The minimum absolute atomic E-state index is 0.101. The van der Waals surface area contributed by atoms with Crippen LogP contribution in [0.15, 0.2) is 24.3 Å². The molecule has 210 valence electrons. The van der Waals surface area contributed by atoms with Gasteiger partial charge in [-0.25, -0.2) is 65.9 Å². The van der Waals surface area contributed by atoms with Crippen LogP contribution in [0.3, 0.4) is 0 Å². The number of hydrogen-bond donors (Lipinski definition) is 0. The zero-order valence-electron chi connectivity index (χ0n) is 18.6. The van der Waals surface area contributed by atoms with Crippen molar-refractivity contribution in [3.63, 3.8) is 0 Å². The maximum absolute atomic E-state index is 15.3. The second-order valence-electron chi connectivity index (χ2n) is 7.95. The third-order valence-corrected chi connectivity index (χ3v) is 5.80. The average Bonchev–Trinajstić information content (AvgIpc) is 2.92. The number of rotatable bonds is 4. The third-order valence-electron chi connectivity index (χ3n) is 5.80. The lowest BCUT2D eigenvalue weighted by Gasteiger charge is -2.23. The summed E-state index contributed by atoms with van der Waals surface area (Å²) in [5, 5.41) is 0. The van der Waals surface area contributed by atoms with E-state index >= 15 is 17.6 Å². The fourth-order valence-corrected chi connectivity index (χ4v) is 3.95. The van der Waals surface area contributed by atoms with Gasteiger partial charge in [0.2, 0.25) is 5.82 Å². The molecule has 0 aliphatic carbocycles. The van der Waals surface area contributed by atoms with Crippen LogP contribution >= 0.6 is 0 Å². The summed E-state index contributed by atoms with van der Waals surface area (Å²) in [7, 11) is 0. The molecule has 4 aromatic carbocycles. The Balaban J connectivity index is 2.16. The van der Waals surface area contributed by atoms with E-state index in [4.69, 9.17) is 0 Å². The molecule has 40 heavy (non-hydrogen) atoms. The van der Waals surface area contributed by atoms with E-state index in [0.29, 0.717) is 0 Å². The minimum atomic E-state index is -3.00.